The molecular formula is C14H24N4O3. The summed E-state index contributed by atoms with van der Waals surface area (Å²) >= 11 is 0. The molecule has 0 fully saturated rings. The van der Waals surface area contributed by atoms with Crippen LogP contribution in [0.3, 0.4) is 0 Å². The lowest BCUT2D eigenvalue weighted by atomic mass is 10.1. The van der Waals surface area contributed by atoms with Crippen molar-refractivity contribution in [1.29, 1.82) is 0 Å². The third-order valence-electron chi connectivity index (χ3n) is 2.96. The van der Waals surface area contributed by atoms with Gasteiger partial charge in [0.05, 0.1) is 5.69 Å². The number of amides is 1. The first kappa shape index (κ1) is 17.3. The highest BCUT2D eigenvalue weighted by molar-refractivity contribution is 5.77. The highest BCUT2D eigenvalue weighted by atomic mass is 16.5. The van der Waals surface area contributed by atoms with Crippen molar-refractivity contribution in [3.63, 3.8) is 0 Å². The predicted molar refractivity (Wildman–Crippen MR) is 77.8 cm³/mol. The molecule has 7 nitrogen and oxygen atoms in total. The number of aromatic nitrogens is 3. The van der Waals surface area contributed by atoms with E-state index in [9.17, 15) is 9.59 Å². The number of rotatable bonds is 11. The van der Waals surface area contributed by atoms with Crippen molar-refractivity contribution in [2.75, 3.05) is 20.3 Å². The van der Waals surface area contributed by atoms with Crippen LogP contribution in [-0.4, -0.2) is 46.9 Å². The van der Waals surface area contributed by atoms with E-state index in [1.54, 1.807) is 11.6 Å². The lowest BCUT2D eigenvalue weighted by Crippen LogP contribution is -2.28. The zero-order valence-electron chi connectivity index (χ0n) is 12.8. The molecule has 7 heteroatoms. The fraction of sp³-hybridized carbons (Fsp3) is 0.714. The van der Waals surface area contributed by atoms with E-state index in [1.165, 1.54) is 7.11 Å². The molecule has 0 atom stereocenters. The maximum absolute atomic E-state index is 11.1. The van der Waals surface area contributed by atoms with Crippen molar-refractivity contribution in [2.45, 2.75) is 45.6 Å². The van der Waals surface area contributed by atoms with Crippen LogP contribution in [0.1, 0.15) is 38.3 Å². The number of ether oxygens (including phenoxy) is 1. The second-order valence-electron chi connectivity index (χ2n) is 5.02. The molecule has 0 saturated carbocycles. The Morgan fingerprint density at radius 2 is 2.14 bits per heavy atom. The molecule has 1 amide bonds. The molecule has 0 aliphatic heterocycles. The molecule has 21 heavy (non-hydrogen) atoms. The van der Waals surface area contributed by atoms with Gasteiger partial charge < -0.3 is 14.8 Å². The number of carbonyl (C=O) groups is 2. The Hall–Kier alpha value is -1.76. The summed E-state index contributed by atoms with van der Waals surface area (Å²) in [5.74, 6) is 0.115. The predicted octanol–water partition coefficient (Wildman–Crippen LogP) is 0.733. The van der Waals surface area contributed by atoms with Crippen molar-refractivity contribution in [1.82, 2.24) is 20.3 Å². The van der Waals surface area contributed by atoms with Gasteiger partial charge in [-0.2, -0.15) is 0 Å². The number of aryl methyl sites for hydroxylation is 2. The molecule has 0 saturated heterocycles. The van der Waals surface area contributed by atoms with Gasteiger partial charge in [-0.15, -0.1) is 5.10 Å². The van der Waals surface area contributed by atoms with E-state index in [4.69, 9.17) is 4.74 Å². The van der Waals surface area contributed by atoms with Crippen LogP contribution in [0.25, 0.3) is 0 Å². The van der Waals surface area contributed by atoms with Crippen molar-refractivity contribution in [2.24, 2.45) is 0 Å². The zero-order valence-corrected chi connectivity index (χ0v) is 12.8. The van der Waals surface area contributed by atoms with Gasteiger partial charge in [0.25, 0.3) is 0 Å². The van der Waals surface area contributed by atoms with Gasteiger partial charge in [-0.25, -0.2) is 0 Å². The summed E-state index contributed by atoms with van der Waals surface area (Å²) in [4.78, 5) is 22.0. The van der Waals surface area contributed by atoms with E-state index in [2.05, 4.69) is 15.6 Å². The Morgan fingerprint density at radius 3 is 2.86 bits per heavy atom. The van der Waals surface area contributed by atoms with E-state index in [0.717, 1.165) is 37.9 Å². The van der Waals surface area contributed by atoms with Gasteiger partial charge in [0.15, 0.2) is 0 Å². The normalized spacial score (nSPS) is 10.6. The van der Waals surface area contributed by atoms with Gasteiger partial charge in [0.2, 0.25) is 5.91 Å². The Bertz CT molecular complexity index is 445. The summed E-state index contributed by atoms with van der Waals surface area (Å²) in [5, 5.41) is 10.9. The minimum Gasteiger partial charge on any atom is -0.375 e. The summed E-state index contributed by atoms with van der Waals surface area (Å²) in [6.45, 7) is 3.12. The van der Waals surface area contributed by atoms with E-state index >= 15 is 0 Å². The van der Waals surface area contributed by atoms with E-state index < -0.39 is 0 Å². The maximum Gasteiger partial charge on any atom is 0.245 e. The van der Waals surface area contributed by atoms with Crippen LogP contribution in [0.5, 0.6) is 0 Å². The van der Waals surface area contributed by atoms with Crippen LogP contribution < -0.4 is 5.32 Å². The smallest absolute Gasteiger partial charge is 0.245 e. The van der Waals surface area contributed by atoms with E-state index in [-0.39, 0.29) is 18.3 Å². The highest BCUT2D eigenvalue weighted by Gasteiger charge is 2.02. The monoisotopic (exact) mass is 296 g/mol. The van der Waals surface area contributed by atoms with Gasteiger partial charge in [-0.1, -0.05) is 5.21 Å². The minimum absolute atomic E-state index is 0.0917. The third-order valence-corrected chi connectivity index (χ3v) is 2.96. The van der Waals surface area contributed by atoms with Crippen LogP contribution in [0.15, 0.2) is 6.20 Å². The summed E-state index contributed by atoms with van der Waals surface area (Å²) < 4.78 is 6.53. The maximum atomic E-state index is 11.1. The topological polar surface area (TPSA) is 86.1 Å². The SMILES string of the molecule is COCC(=O)NCCCCn1cc(CCCC(C)=O)nn1. The first-order chi connectivity index (χ1) is 10.1. The number of hydrogen-bond acceptors (Lipinski definition) is 5. The van der Waals surface area contributed by atoms with Gasteiger partial charge in [0.1, 0.15) is 12.4 Å². The Balaban J connectivity index is 2.11. The van der Waals surface area contributed by atoms with Crippen molar-refractivity contribution >= 4 is 11.7 Å². The molecule has 0 radical (unpaired) electrons. The quantitative estimate of drug-likeness (QED) is 0.608. The van der Waals surface area contributed by atoms with Gasteiger partial charge in [-0.05, 0) is 32.6 Å². The number of ketones is 1. The zero-order chi connectivity index (χ0) is 15.5. The summed E-state index contributed by atoms with van der Waals surface area (Å²) in [7, 11) is 1.50. The number of nitrogens with zero attached hydrogens (tertiary/aromatic N) is 3. The molecule has 0 unspecified atom stereocenters. The minimum atomic E-state index is -0.0917. The van der Waals surface area contributed by atoms with Crippen LogP contribution in [0, 0.1) is 0 Å². The Morgan fingerprint density at radius 1 is 1.33 bits per heavy atom. The number of unbranched alkanes of at least 4 members (excludes halogenated alkanes) is 1. The van der Waals surface area contributed by atoms with Crippen LogP contribution >= 0.6 is 0 Å². The second-order valence-corrected chi connectivity index (χ2v) is 5.02. The van der Waals surface area contributed by atoms with Gasteiger partial charge >= 0.3 is 0 Å². The van der Waals surface area contributed by atoms with Crippen LogP contribution in [-0.2, 0) is 27.3 Å². The molecule has 1 aromatic heterocycles. The Kier molecular flexibility index (Phi) is 8.27. The standard InChI is InChI=1S/C14H24N4O3/c1-12(19)6-5-7-13-10-18(17-16-13)9-4-3-8-15-14(20)11-21-2/h10H,3-9,11H2,1-2H3,(H,15,20). The molecule has 0 aromatic carbocycles. The molecule has 1 rings (SSSR count). The lowest BCUT2D eigenvalue weighted by molar-refractivity contribution is -0.124. The van der Waals surface area contributed by atoms with Crippen molar-refractivity contribution in [3.8, 4) is 0 Å². The van der Waals surface area contributed by atoms with E-state index in [0.29, 0.717) is 13.0 Å². The molecule has 0 spiro atoms. The first-order valence-corrected chi connectivity index (χ1v) is 7.26. The van der Waals surface area contributed by atoms with Gasteiger partial charge in [-0.3, -0.25) is 9.48 Å². The molecule has 0 aliphatic carbocycles. The summed E-state index contributed by atoms with van der Waals surface area (Å²) in [5.41, 5.74) is 0.921. The number of carbonyl (C=O) groups excluding carboxylic acids is 2. The average molecular weight is 296 g/mol. The second kappa shape index (κ2) is 10.0. The average Bonchev–Trinajstić information content (AvgIpc) is 2.86. The number of nitrogens with one attached hydrogen (secondary N) is 1. The number of methoxy groups -OCH3 is 1. The molecular weight excluding hydrogens is 272 g/mol. The largest absolute Gasteiger partial charge is 0.375 e. The lowest BCUT2D eigenvalue weighted by Gasteiger charge is -2.04. The fourth-order valence-electron chi connectivity index (χ4n) is 1.89. The third kappa shape index (κ3) is 8.19. The van der Waals surface area contributed by atoms with E-state index in [1.807, 2.05) is 6.20 Å². The number of Topliss-reactive ketones (excluding diaryl/α,β-unsaturated/α-hetero) is 1. The molecule has 1 N–H and O–H groups in total. The van der Waals surface area contributed by atoms with Crippen molar-refractivity contribution < 1.29 is 14.3 Å². The van der Waals surface area contributed by atoms with Crippen molar-refractivity contribution in [3.05, 3.63) is 11.9 Å². The molecule has 1 aromatic rings. The molecule has 0 bridgehead atoms. The number of hydrogen-bond donors (Lipinski definition) is 1. The van der Waals surface area contributed by atoms with Crippen LogP contribution in [0.2, 0.25) is 0 Å². The molecule has 118 valence electrons. The van der Waals surface area contributed by atoms with Crippen LogP contribution in [0.4, 0.5) is 0 Å². The Labute approximate surface area is 125 Å². The molecule has 1 heterocycles. The van der Waals surface area contributed by atoms with Gasteiger partial charge in [0, 0.05) is 32.8 Å². The highest BCUT2D eigenvalue weighted by Crippen LogP contribution is 2.02. The first-order valence-electron chi connectivity index (χ1n) is 7.26. The molecule has 0 aliphatic rings. The summed E-state index contributed by atoms with van der Waals surface area (Å²) in [6.07, 6.45) is 5.92. The fourth-order valence-corrected chi connectivity index (χ4v) is 1.89. The summed E-state index contributed by atoms with van der Waals surface area (Å²) in [6, 6.07) is 0.